The number of hydrogen-bond donors (Lipinski definition) is 0. The molecule has 3 heteroatoms. The molecule has 1 aromatic heterocycles. The van der Waals surface area contributed by atoms with Crippen molar-refractivity contribution in [2.75, 3.05) is 6.54 Å². The molecule has 0 aromatic carbocycles. The number of furan rings is 1. The monoisotopic (exact) mass is 178 g/mol. The van der Waals surface area contributed by atoms with E-state index in [0.29, 0.717) is 6.54 Å². The second-order valence-corrected chi connectivity index (χ2v) is 2.95. The maximum absolute atomic E-state index is 8.74. The van der Waals surface area contributed by atoms with Gasteiger partial charge in [-0.3, -0.25) is 4.90 Å². The van der Waals surface area contributed by atoms with Crippen LogP contribution in [0, 0.1) is 11.3 Å². The maximum atomic E-state index is 8.74. The predicted molar refractivity (Wildman–Crippen MR) is 49.9 cm³/mol. The van der Waals surface area contributed by atoms with Gasteiger partial charge < -0.3 is 4.42 Å². The minimum atomic E-state index is -0.0601. The van der Waals surface area contributed by atoms with Gasteiger partial charge in [0.1, 0.15) is 5.76 Å². The lowest BCUT2D eigenvalue weighted by Gasteiger charge is -2.20. The Morgan fingerprint density at radius 1 is 1.69 bits per heavy atom. The summed E-state index contributed by atoms with van der Waals surface area (Å²) in [5.74, 6) is 0.906. The Hall–Kier alpha value is -1.27. The molecule has 0 bridgehead atoms. The van der Waals surface area contributed by atoms with Crippen molar-refractivity contribution in [2.45, 2.75) is 26.4 Å². The number of nitrogens with zero attached hydrogens (tertiary/aromatic N) is 2. The van der Waals surface area contributed by atoms with Crippen LogP contribution in [0.4, 0.5) is 0 Å². The van der Waals surface area contributed by atoms with Gasteiger partial charge in [0.05, 0.1) is 24.9 Å². The highest BCUT2D eigenvalue weighted by atomic mass is 16.3. The van der Waals surface area contributed by atoms with E-state index in [2.05, 4.69) is 11.0 Å². The first kappa shape index (κ1) is 9.82. The molecular weight excluding hydrogens is 164 g/mol. The SMILES string of the molecule is CCN(Cc1ccco1)C(C)C#N. The lowest BCUT2D eigenvalue weighted by atomic mass is 10.3. The minimum Gasteiger partial charge on any atom is -0.468 e. The van der Waals surface area contributed by atoms with E-state index in [1.165, 1.54) is 0 Å². The van der Waals surface area contributed by atoms with Gasteiger partial charge in [0.25, 0.3) is 0 Å². The third-order valence-corrected chi connectivity index (χ3v) is 2.08. The van der Waals surface area contributed by atoms with Gasteiger partial charge in [-0.25, -0.2) is 0 Å². The van der Waals surface area contributed by atoms with E-state index in [1.807, 2.05) is 26.0 Å². The molecule has 3 nitrogen and oxygen atoms in total. The Kier molecular flexibility index (Phi) is 3.53. The fourth-order valence-corrected chi connectivity index (χ4v) is 1.21. The van der Waals surface area contributed by atoms with Crippen LogP contribution in [-0.2, 0) is 6.54 Å². The number of hydrogen-bond acceptors (Lipinski definition) is 3. The predicted octanol–water partition coefficient (Wildman–Crippen LogP) is 2.01. The molecular formula is C10H14N2O. The Morgan fingerprint density at radius 3 is 2.92 bits per heavy atom. The summed E-state index contributed by atoms with van der Waals surface area (Å²) in [7, 11) is 0. The second-order valence-electron chi connectivity index (χ2n) is 2.95. The average Bonchev–Trinajstić information content (AvgIpc) is 2.65. The van der Waals surface area contributed by atoms with Crippen molar-refractivity contribution in [1.29, 1.82) is 5.26 Å². The summed E-state index contributed by atoms with van der Waals surface area (Å²) in [5.41, 5.74) is 0. The van der Waals surface area contributed by atoms with Crippen LogP contribution in [0.15, 0.2) is 22.8 Å². The molecule has 0 aliphatic carbocycles. The first-order valence-corrected chi connectivity index (χ1v) is 4.44. The highest BCUT2D eigenvalue weighted by molar-refractivity contribution is 4.99. The first-order chi connectivity index (χ1) is 6.27. The van der Waals surface area contributed by atoms with Crippen molar-refractivity contribution in [3.63, 3.8) is 0 Å². The van der Waals surface area contributed by atoms with Gasteiger partial charge in [0.15, 0.2) is 0 Å². The Morgan fingerprint density at radius 2 is 2.46 bits per heavy atom. The molecule has 70 valence electrons. The second kappa shape index (κ2) is 4.68. The van der Waals surface area contributed by atoms with Crippen LogP contribution < -0.4 is 0 Å². The van der Waals surface area contributed by atoms with Gasteiger partial charge in [-0.15, -0.1) is 0 Å². The molecule has 1 rings (SSSR count). The zero-order valence-electron chi connectivity index (χ0n) is 8.03. The molecule has 13 heavy (non-hydrogen) atoms. The summed E-state index contributed by atoms with van der Waals surface area (Å²) in [6.07, 6.45) is 1.65. The minimum absolute atomic E-state index is 0.0601. The summed E-state index contributed by atoms with van der Waals surface area (Å²) >= 11 is 0. The standard InChI is InChI=1S/C10H14N2O/c1-3-12(9(2)7-11)8-10-5-4-6-13-10/h4-6,9H,3,8H2,1-2H3. The Bertz CT molecular complexity index is 274. The van der Waals surface area contributed by atoms with Crippen LogP contribution in [0.5, 0.6) is 0 Å². The lowest BCUT2D eigenvalue weighted by Crippen LogP contribution is -2.30. The third-order valence-electron chi connectivity index (χ3n) is 2.08. The maximum Gasteiger partial charge on any atom is 0.117 e. The number of rotatable bonds is 4. The molecule has 0 aliphatic heterocycles. The molecule has 0 saturated carbocycles. The Balaban J connectivity index is 2.55. The van der Waals surface area contributed by atoms with Crippen LogP contribution in [0.1, 0.15) is 19.6 Å². The average molecular weight is 178 g/mol. The molecule has 0 aliphatic rings. The quantitative estimate of drug-likeness (QED) is 0.708. The molecule has 0 saturated heterocycles. The largest absolute Gasteiger partial charge is 0.468 e. The summed E-state index contributed by atoms with van der Waals surface area (Å²) in [6.45, 7) is 5.50. The summed E-state index contributed by atoms with van der Waals surface area (Å²) in [4.78, 5) is 2.05. The van der Waals surface area contributed by atoms with Crippen LogP contribution in [0.2, 0.25) is 0 Å². The van der Waals surface area contributed by atoms with E-state index in [0.717, 1.165) is 12.3 Å². The first-order valence-electron chi connectivity index (χ1n) is 4.44. The molecule has 1 heterocycles. The van der Waals surface area contributed by atoms with Gasteiger partial charge >= 0.3 is 0 Å². The van der Waals surface area contributed by atoms with Crippen molar-refractivity contribution < 1.29 is 4.42 Å². The van der Waals surface area contributed by atoms with Gasteiger partial charge in [-0.2, -0.15) is 5.26 Å². The molecule has 1 aromatic rings. The van der Waals surface area contributed by atoms with Crippen LogP contribution >= 0.6 is 0 Å². The summed E-state index contributed by atoms with van der Waals surface area (Å²) in [6, 6.07) is 5.94. The van der Waals surface area contributed by atoms with E-state index in [-0.39, 0.29) is 6.04 Å². The van der Waals surface area contributed by atoms with E-state index in [4.69, 9.17) is 9.68 Å². The van der Waals surface area contributed by atoms with Crippen molar-refractivity contribution in [1.82, 2.24) is 4.90 Å². The molecule has 1 unspecified atom stereocenters. The highest BCUT2D eigenvalue weighted by Crippen LogP contribution is 2.07. The van der Waals surface area contributed by atoms with Crippen molar-refractivity contribution in [2.24, 2.45) is 0 Å². The zero-order chi connectivity index (χ0) is 9.68. The fourth-order valence-electron chi connectivity index (χ4n) is 1.21. The zero-order valence-corrected chi connectivity index (χ0v) is 8.03. The van der Waals surface area contributed by atoms with Gasteiger partial charge in [0.2, 0.25) is 0 Å². The van der Waals surface area contributed by atoms with E-state index < -0.39 is 0 Å². The van der Waals surface area contributed by atoms with E-state index in [1.54, 1.807) is 6.26 Å². The highest BCUT2D eigenvalue weighted by Gasteiger charge is 2.12. The molecule has 0 amide bonds. The van der Waals surface area contributed by atoms with Gasteiger partial charge in [-0.1, -0.05) is 6.92 Å². The Labute approximate surface area is 78.6 Å². The molecule has 0 radical (unpaired) electrons. The van der Waals surface area contributed by atoms with Crippen LogP contribution in [-0.4, -0.2) is 17.5 Å². The molecule has 0 spiro atoms. The summed E-state index contributed by atoms with van der Waals surface area (Å²) in [5, 5.41) is 8.74. The van der Waals surface area contributed by atoms with Crippen molar-refractivity contribution in [3.05, 3.63) is 24.2 Å². The van der Waals surface area contributed by atoms with Crippen molar-refractivity contribution in [3.8, 4) is 6.07 Å². The third kappa shape index (κ3) is 2.60. The molecule has 0 fully saturated rings. The van der Waals surface area contributed by atoms with E-state index >= 15 is 0 Å². The van der Waals surface area contributed by atoms with Crippen molar-refractivity contribution >= 4 is 0 Å². The van der Waals surface area contributed by atoms with Gasteiger partial charge in [0, 0.05) is 0 Å². The molecule has 1 atom stereocenters. The number of nitriles is 1. The van der Waals surface area contributed by atoms with E-state index in [9.17, 15) is 0 Å². The van der Waals surface area contributed by atoms with Gasteiger partial charge in [-0.05, 0) is 25.6 Å². The fraction of sp³-hybridized carbons (Fsp3) is 0.500. The topological polar surface area (TPSA) is 40.2 Å². The lowest BCUT2D eigenvalue weighted by molar-refractivity contribution is 0.229. The summed E-state index contributed by atoms with van der Waals surface area (Å²) < 4.78 is 5.21. The smallest absolute Gasteiger partial charge is 0.117 e. The normalized spacial score (nSPS) is 12.8. The van der Waals surface area contributed by atoms with Crippen LogP contribution in [0.3, 0.4) is 0 Å². The molecule has 0 N–H and O–H groups in total. The van der Waals surface area contributed by atoms with Crippen LogP contribution in [0.25, 0.3) is 0 Å².